The lowest BCUT2D eigenvalue weighted by Gasteiger charge is -2.13. The number of aromatic nitrogens is 1. The second-order valence-corrected chi connectivity index (χ2v) is 7.67. The van der Waals surface area contributed by atoms with E-state index in [9.17, 15) is 4.79 Å². The van der Waals surface area contributed by atoms with Crippen molar-refractivity contribution in [1.82, 2.24) is 15.2 Å². The predicted molar refractivity (Wildman–Crippen MR) is 123 cm³/mol. The van der Waals surface area contributed by atoms with Gasteiger partial charge in [-0.25, -0.2) is 4.99 Å². The lowest BCUT2D eigenvalue weighted by Crippen LogP contribution is -2.38. The summed E-state index contributed by atoms with van der Waals surface area (Å²) in [6.07, 6.45) is 5.27. The number of hydrogen-bond donors (Lipinski definition) is 2. The van der Waals surface area contributed by atoms with E-state index in [1.165, 1.54) is 0 Å². The minimum Gasteiger partial charge on any atom is -0.379 e. The molecule has 31 heavy (non-hydrogen) atoms. The molecule has 1 unspecified atom stereocenters. The van der Waals surface area contributed by atoms with Crippen LogP contribution < -0.4 is 16.2 Å². The van der Waals surface area contributed by atoms with Gasteiger partial charge in [-0.05, 0) is 43.4 Å². The van der Waals surface area contributed by atoms with Gasteiger partial charge < -0.3 is 24.7 Å². The van der Waals surface area contributed by atoms with Gasteiger partial charge in [0.25, 0.3) is 5.56 Å². The summed E-state index contributed by atoms with van der Waals surface area (Å²) >= 11 is 0. The fourth-order valence-corrected chi connectivity index (χ4v) is 3.42. The van der Waals surface area contributed by atoms with Crippen LogP contribution in [0.2, 0.25) is 0 Å². The molecule has 0 amide bonds. The molecular formula is C24H34N4O3. The Morgan fingerprint density at radius 1 is 1.19 bits per heavy atom. The highest BCUT2D eigenvalue weighted by atomic mass is 16.5. The number of nitrogens with zero attached hydrogens (tertiary/aromatic N) is 2. The topological polar surface area (TPSA) is 76.9 Å². The molecule has 168 valence electrons. The molecular weight excluding hydrogens is 392 g/mol. The second kappa shape index (κ2) is 12.9. The smallest absolute Gasteiger partial charge is 0.250 e. The van der Waals surface area contributed by atoms with Gasteiger partial charge in [0.05, 0.1) is 25.8 Å². The van der Waals surface area contributed by atoms with Crippen LogP contribution in [0.4, 0.5) is 0 Å². The largest absolute Gasteiger partial charge is 0.379 e. The van der Waals surface area contributed by atoms with Crippen LogP contribution in [-0.2, 0) is 22.6 Å². The molecule has 1 aromatic heterocycles. The SMILES string of the molecule is CCNC(=NCc1ccc(Cn2ccccc2=O)cc1)NCCCOCC1CCCO1. The molecule has 0 radical (unpaired) electrons. The van der Waals surface area contributed by atoms with Crippen molar-refractivity contribution in [3.05, 3.63) is 70.1 Å². The number of rotatable bonds is 11. The first kappa shape index (κ1) is 23.0. The minimum atomic E-state index is 0.00908. The van der Waals surface area contributed by atoms with Crippen LogP contribution in [0.15, 0.2) is 58.4 Å². The average molecular weight is 427 g/mol. The molecule has 1 atom stereocenters. The molecule has 2 heterocycles. The Balaban J connectivity index is 1.40. The third-order valence-corrected chi connectivity index (χ3v) is 5.12. The van der Waals surface area contributed by atoms with E-state index >= 15 is 0 Å². The maximum Gasteiger partial charge on any atom is 0.250 e. The van der Waals surface area contributed by atoms with E-state index in [4.69, 9.17) is 9.47 Å². The van der Waals surface area contributed by atoms with Crippen LogP contribution in [0.25, 0.3) is 0 Å². The third kappa shape index (κ3) is 8.19. The molecule has 3 rings (SSSR count). The van der Waals surface area contributed by atoms with Gasteiger partial charge in [-0.3, -0.25) is 4.79 Å². The van der Waals surface area contributed by atoms with Crippen molar-refractivity contribution in [2.24, 2.45) is 4.99 Å². The zero-order valence-electron chi connectivity index (χ0n) is 18.4. The van der Waals surface area contributed by atoms with Crippen LogP contribution in [0.3, 0.4) is 0 Å². The summed E-state index contributed by atoms with van der Waals surface area (Å²) in [5.41, 5.74) is 2.23. The first-order valence-electron chi connectivity index (χ1n) is 11.2. The van der Waals surface area contributed by atoms with Crippen molar-refractivity contribution in [1.29, 1.82) is 0 Å². The minimum absolute atomic E-state index is 0.00908. The highest BCUT2D eigenvalue weighted by molar-refractivity contribution is 5.79. The monoisotopic (exact) mass is 426 g/mol. The van der Waals surface area contributed by atoms with Gasteiger partial charge in [0, 0.05) is 38.6 Å². The normalized spacial score (nSPS) is 16.4. The Hall–Kier alpha value is -2.64. The molecule has 1 fully saturated rings. The Labute approximate surface area is 184 Å². The highest BCUT2D eigenvalue weighted by Crippen LogP contribution is 2.11. The van der Waals surface area contributed by atoms with Crippen LogP contribution in [0.5, 0.6) is 0 Å². The summed E-state index contributed by atoms with van der Waals surface area (Å²) in [6, 6.07) is 13.4. The van der Waals surface area contributed by atoms with E-state index < -0.39 is 0 Å². The van der Waals surface area contributed by atoms with Gasteiger partial charge >= 0.3 is 0 Å². The predicted octanol–water partition coefficient (Wildman–Crippen LogP) is 2.54. The van der Waals surface area contributed by atoms with E-state index in [0.29, 0.717) is 19.7 Å². The van der Waals surface area contributed by atoms with Crippen molar-refractivity contribution in [3.8, 4) is 0 Å². The molecule has 1 aromatic carbocycles. The van der Waals surface area contributed by atoms with Gasteiger partial charge in [0.2, 0.25) is 0 Å². The zero-order chi connectivity index (χ0) is 21.7. The number of benzene rings is 1. The molecule has 0 bridgehead atoms. The first-order valence-corrected chi connectivity index (χ1v) is 11.2. The molecule has 7 nitrogen and oxygen atoms in total. The number of aliphatic imine (C=N–C) groups is 1. The summed E-state index contributed by atoms with van der Waals surface area (Å²) in [4.78, 5) is 16.5. The van der Waals surface area contributed by atoms with Crippen molar-refractivity contribution in [2.45, 2.75) is 45.4 Å². The van der Waals surface area contributed by atoms with Gasteiger partial charge in [0.15, 0.2) is 5.96 Å². The summed E-state index contributed by atoms with van der Waals surface area (Å²) in [5, 5.41) is 6.64. The maximum absolute atomic E-state index is 11.9. The number of pyridine rings is 1. The highest BCUT2D eigenvalue weighted by Gasteiger charge is 2.14. The lowest BCUT2D eigenvalue weighted by atomic mass is 10.1. The van der Waals surface area contributed by atoms with E-state index in [0.717, 1.165) is 62.7 Å². The molecule has 2 aromatic rings. The van der Waals surface area contributed by atoms with Crippen LogP contribution in [-0.4, -0.2) is 49.5 Å². The molecule has 0 aliphatic carbocycles. The van der Waals surface area contributed by atoms with E-state index in [-0.39, 0.29) is 11.7 Å². The van der Waals surface area contributed by atoms with Crippen molar-refractivity contribution in [2.75, 3.05) is 32.9 Å². The molecule has 1 aliphatic rings. The number of hydrogen-bond acceptors (Lipinski definition) is 4. The van der Waals surface area contributed by atoms with Gasteiger partial charge in [0.1, 0.15) is 0 Å². The first-order chi connectivity index (χ1) is 15.2. The summed E-state index contributed by atoms with van der Waals surface area (Å²) < 4.78 is 13.0. The Bertz CT molecular complexity index is 858. The molecule has 1 saturated heterocycles. The molecule has 0 spiro atoms. The molecule has 1 aliphatic heterocycles. The Morgan fingerprint density at radius 3 is 2.77 bits per heavy atom. The molecule has 0 saturated carbocycles. The summed E-state index contributed by atoms with van der Waals surface area (Å²) in [7, 11) is 0. The van der Waals surface area contributed by atoms with Gasteiger partial charge in [-0.2, -0.15) is 0 Å². The van der Waals surface area contributed by atoms with Gasteiger partial charge in [-0.1, -0.05) is 30.3 Å². The van der Waals surface area contributed by atoms with E-state index in [1.807, 2.05) is 12.3 Å². The Morgan fingerprint density at radius 2 is 2.03 bits per heavy atom. The quantitative estimate of drug-likeness (QED) is 0.328. The number of ether oxygens (including phenoxy) is 2. The fraction of sp³-hybridized carbons (Fsp3) is 0.500. The maximum atomic E-state index is 11.9. The van der Waals surface area contributed by atoms with Crippen molar-refractivity contribution in [3.63, 3.8) is 0 Å². The zero-order valence-corrected chi connectivity index (χ0v) is 18.4. The lowest BCUT2D eigenvalue weighted by molar-refractivity contribution is 0.0168. The van der Waals surface area contributed by atoms with Crippen LogP contribution >= 0.6 is 0 Å². The standard InChI is InChI=1S/C24H34N4O3/c1-2-25-24(26-13-6-15-30-19-22-7-5-16-31-22)27-17-20-9-11-21(12-10-20)18-28-14-4-3-8-23(28)29/h3-4,8-12,14,22H,2,5-7,13,15-19H2,1H3,(H2,25,26,27). The third-order valence-electron chi connectivity index (χ3n) is 5.12. The number of guanidine groups is 1. The number of nitrogens with one attached hydrogen (secondary N) is 2. The van der Waals surface area contributed by atoms with Crippen LogP contribution in [0, 0.1) is 0 Å². The van der Waals surface area contributed by atoms with Crippen molar-refractivity contribution < 1.29 is 9.47 Å². The Kier molecular flexibility index (Phi) is 9.60. The van der Waals surface area contributed by atoms with Gasteiger partial charge in [-0.15, -0.1) is 0 Å². The molecule has 7 heteroatoms. The van der Waals surface area contributed by atoms with Crippen molar-refractivity contribution >= 4 is 5.96 Å². The summed E-state index contributed by atoms with van der Waals surface area (Å²) in [6.45, 7) is 7.13. The second-order valence-electron chi connectivity index (χ2n) is 7.67. The van der Waals surface area contributed by atoms with Crippen LogP contribution in [0.1, 0.15) is 37.3 Å². The molecule has 2 N–H and O–H groups in total. The van der Waals surface area contributed by atoms with E-state index in [2.05, 4.69) is 46.8 Å². The average Bonchev–Trinajstić information content (AvgIpc) is 3.30. The van der Waals surface area contributed by atoms with E-state index in [1.54, 1.807) is 16.7 Å². The summed E-state index contributed by atoms with van der Waals surface area (Å²) in [5.74, 6) is 0.807. The fourth-order valence-electron chi connectivity index (χ4n) is 3.42.